The van der Waals surface area contributed by atoms with Gasteiger partial charge in [0.05, 0.1) is 24.7 Å². The van der Waals surface area contributed by atoms with Crippen LogP contribution in [0.25, 0.3) is 16.9 Å². The molecule has 0 saturated carbocycles. The number of nitrogens with one attached hydrogen (secondary N) is 1. The number of nitrogens with zero attached hydrogens (tertiary/aromatic N) is 3. The van der Waals surface area contributed by atoms with E-state index in [1.54, 1.807) is 42.3 Å². The first-order chi connectivity index (χ1) is 13.7. The van der Waals surface area contributed by atoms with E-state index in [1.807, 2.05) is 54.6 Å². The number of anilines is 1. The van der Waals surface area contributed by atoms with E-state index in [9.17, 15) is 4.79 Å². The van der Waals surface area contributed by atoms with Crippen LogP contribution < -0.4 is 10.1 Å². The molecule has 1 N–H and O–H groups in total. The summed E-state index contributed by atoms with van der Waals surface area (Å²) in [6, 6.07) is 24.4. The number of carbonyl (C=O) groups is 1. The molecule has 6 nitrogen and oxygen atoms in total. The van der Waals surface area contributed by atoms with Crippen LogP contribution in [0.15, 0.2) is 85.1 Å². The Morgan fingerprint density at radius 1 is 0.929 bits per heavy atom. The fraction of sp³-hybridized carbons (Fsp3) is 0.0455. The van der Waals surface area contributed by atoms with Crippen molar-refractivity contribution in [3.63, 3.8) is 0 Å². The number of ether oxygens (including phenoxy) is 1. The summed E-state index contributed by atoms with van der Waals surface area (Å²) in [4.78, 5) is 12.4. The second-order valence-corrected chi connectivity index (χ2v) is 6.13. The molecule has 0 fully saturated rings. The molecular weight excluding hydrogens is 352 g/mol. The maximum atomic E-state index is 12.4. The first-order valence-corrected chi connectivity index (χ1v) is 8.76. The monoisotopic (exact) mass is 370 g/mol. The first-order valence-electron chi connectivity index (χ1n) is 8.76. The number of aromatic nitrogens is 3. The van der Waals surface area contributed by atoms with Crippen molar-refractivity contribution in [2.45, 2.75) is 0 Å². The molecule has 0 aliphatic heterocycles. The van der Waals surface area contributed by atoms with Crippen LogP contribution in [-0.2, 0) is 0 Å². The number of methoxy groups -OCH3 is 1. The second-order valence-electron chi connectivity index (χ2n) is 6.13. The Morgan fingerprint density at radius 3 is 2.32 bits per heavy atom. The number of amides is 1. The molecule has 4 rings (SSSR count). The van der Waals surface area contributed by atoms with Crippen LogP contribution in [0.2, 0.25) is 0 Å². The Morgan fingerprint density at radius 2 is 1.64 bits per heavy atom. The highest BCUT2D eigenvalue weighted by atomic mass is 16.5. The molecule has 3 aromatic carbocycles. The van der Waals surface area contributed by atoms with Gasteiger partial charge in [0.2, 0.25) is 0 Å². The van der Waals surface area contributed by atoms with Crippen LogP contribution in [0.5, 0.6) is 5.75 Å². The van der Waals surface area contributed by atoms with Gasteiger partial charge in [0.1, 0.15) is 5.75 Å². The smallest absolute Gasteiger partial charge is 0.255 e. The van der Waals surface area contributed by atoms with E-state index in [4.69, 9.17) is 4.74 Å². The average Bonchev–Trinajstić information content (AvgIpc) is 3.25. The molecule has 28 heavy (non-hydrogen) atoms. The molecule has 0 saturated heterocycles. The van der Waals surface area contributed by atoms with E-state index in [0.29, 0.717) is 17.0 Å². The third kappa shape index (κ3) is 3.61. The van der Waals surface area contributed by atoms with Crippen molar-refractivity contribution in [2.75, 3.05) is 12.4 Å². The standard InChI is InChI=1S/C22H18N4O2/c1-28-20-13-7-17(8-14-20)22(27)24-18-9-11-19(12-10-18)26-21(15-23-25-26)16-5-3-2-4-6-16/h2-15H,1H3,(H,24,27). The predicted molar refractivity (Wildman–Crippen MR) is 108 cm³/mol. The molecule has 0 bridgehead atoms. The maximum Gasteiger partial charge on any atom is 0.255 e. The van der Waals surface area contributed by atoms with Gasteiger partial charge in [-0.15, -0.1) is 5.10 Å². The highest BCUT2D eigenvalue weighted by molar-refractivity contribution is 6.04. The van der Waals surface area contributed by atoms with Gasteiger partial charge in [-0.2, -0.15) is 0 Å². The molecule has 0 atom stereocenters. The summed E-state index contributed by atoms with van der Waals surface area (Å²) in [6.45, 7) is 0. The Labute approximate surface area is 162 Å². The molecule has 138 valence electrons. The molecule has 0 aliphatic carbocycles. The Bertz CT molecular complexity index is 1070. The summed E-state index contributed by atoms with van der Waals surface area (Å²) in [5.74, 6) is 0.532. The van der Waals surface area contributed by atoms with Gasteiger partial charge in [-0.05, 0) is 48.5 Å². The molecule has 1 heterocycles. The topological polar surface area (TPSA) is 69.0 Å². The highest BCUT2D eigenvalue weighted by Crippen LogP contribution is 2.22. The lowest BCUT2D eigenvalue weighted by molar-refractivity contribution is 0.102. The van der Waals surface area contributed by atoms with Crippen molar-refractivity contribution in [1.82, 2.24) is 15.0 Å². The molecule has 4 aromatic rings. The van der Waals surface area contributed by atoms with Gasteiger partial charge in [-0.25, -0.2) is 4.68 Å². The van der Waals surface area contributed by atoms with Crippen LogP contribution in [-0.4, -0.2) is 28.0 Å². The third-order valence-corrected chi connectivity index (χ3v) is 4.34. The van der Waals surface area contributed by atoms with Crippen LogP contribution >= 0.6 is 0 Å². The number of hydrogen-bond acceptors (Lipinski definition) is 4. The van der Waals surface area contributed by atoms with Crippen LogP contribution in [0.1, 0.15) is 10.4 Å². The second kappa shape index (κ2) is 7.75. The van der Waals surface area contributed by atoms with Gasteiger partial charge in [0, 0.05) is 16.8 Å². The molecule has 0 spiro atoms. The number of carbonyl (C=O) groups excluding carboxylic acids is 1. The fourth-order valence-corrected chi connectivity index (χ4v) is 2.86. The van der Waals surface area contributed by atoms with Gasteiger partial charge in [-0.3, -0.25) is 4.79 Å². The van der Waals surface area contributed by atoms with Gasteiger partial charge >= 0.3 is 0 Å². The summed E-state index contributed by atoms with van der Waals surface area (Å²) in [6.07, 6.45) is 1.73. The van der Waals surface area contributed by atoms with Crippen molar-refractivity contribution >= 4 is 11.6 Å². The van der Waals surface area contributed by atoms with Crippen molar-refractivity contribution in [3.05, 3.63) is 90.6 Å². The number of hydrogen-bond donors (Lipinski definition) is 1. The third-order valence-electron chi connectivity index (χ3n) is 4.34. The van der Waals surface area contributed by atoms with Crippen LogP contribution in [0, 0.1) is 0 Å². The van der Waals surface area contributed by atoms with Crippen molar-refractivity contribution in [3.8, 4) is 22.7 Å². The minimum atomic E-state index is -0.180. The lowest BCUT2D eigenvalue weighted by Gasteiger charge is -2.09. The fourth-order valence-electron chi connectivity index (χ4n) is 2.86. The predicted octanol–water partition coefficient (Wildman–Crippen LogP) is 4.20. The lowest BCUT2D eigenvalue weighted by Crippen LogP contribution is -2.11. The van der Waals surface area contributed by atoms with E-state index in [-0.39, 0.29) is 5.91 Å². The average molecular weight is 370 g/mol. The molecular formula is C22H18N4O2. The zero-order valence-electron chi connectivity index (χ0n) is 15.2. The summed E-state index contributed by atoms with van der Waals surface area (Å²) >= 11 is 0. The first kappa shape index (κ1) is 17.5. The molecule has 1 amide bonds. The van der Waals surface area contributed by atoms with Crippen LogP contribution in [0.3, 0.4) is 0 Å². The Hall–Kier alpha value is -3.93. The van der Waals surface area contributed by atoms with Crippen molar-refractivity contribution < 1.29 is 9.53 Å². The number of benzene rings is 3. The number of rotatable bonds is 5. The van der Waals surface area contributed by atoms with Crippen molar-refractivity contribution in [1.29, 1.82) is 0 Å². The summed E-state index contributed by atoms with van der Waals surface area (Å²) < 4.78 is 6.88. The Kier molecular flexibility index (Phi) is 4.84. The summed E-state index contributed by atoms with van der Waals surface area (Å²) in [5, 5.41) is 11.1. The van der Waals surface area contributed by atoms with E-state index in [1.165, 1.54) is 0 Å². The molecule has 1 aromatic heterocycles. The van der Waals surface area contributed by atoms with E-state index in [2.05, 4.69) is 15.6 Å². The molecule has 6 heteroatoms. The summed E-state index contributed by atoms with van der Waals surface area (Å²) in [5.41, 5.74) is 4.05. The largest absolute Gasteiger partial charge is 0.497 e. The van der Waals surface area contributed by atoms with E-state index >= 15 is 0 Å². The van der Waals surface area contributed by atoms with Gasteiger partial charge in [-0.1, -0.05) is 35.5 Å². The molecule has 0 unspecified atom stereocenters. The summed E-state index contributed by atoms with van der Waals surface area (Å²) in [7, 11) is 1.59. The quantitative estimate of drug-likeness (QED) is 0.572. The minimum absolute atomic E-state index is 0.180. The zero-order chi connectivity index (χ0) is 19.3. The van der Waals surface area contributed by atoms with Crippen molar-refractivity contribution in [2.24, 2.45) is 0 Å². The Balaban J connectivity index is 1.52. The van der Waals surface area contributed by atoms with E-state index in [0.717, 1.165) is 16.9 Å². The highest BCUT2D eigenvalue weighted by Gasteiger charge is 2.10. The van der Waals surface area contributed by atoms with E-state index < -0.39 is 0 Å². The van der Waals surface area contributed by atoms with Gasteiger partial charge in [0.15, 0.2) is 0 Å². The zero-order valence-corrected chi connectivity index (χ0v) is 15.2. The van der Waals surface area contributed by atoms with Gasteiger partial charge < -0.3 is 10.1 Å². The molecule has 0 aliphatic rings. The normalized spacial score (nSPS) is 10.5. The SMILES string of the molecule is COc1ccc(C(=O)Nc2ccc(-n3nncc3-c3ccccc3)cc2)cc1. The molecule has 0 radical (unpaired) electrons. The maximum absolute atomic E-state index is 12.4. The van der Waals surface area contributed by atoms with Gasteiger partial charge in [0.25, 0.3) is 5.91 Å². The lowest BCUT2D eigenvalue weighted by atomic mass is 10.1. The van der Waals surface area contributed by atoms with Crippen LogP contribution in [0.4, 0.5) is 5.69 Å². The minimum Gasteiger partial charge on any atom is -0.497 e.